The average molecular weight is 526 g/mol. The van der Waals surface area contributed by atoms with Crippen LogP contribution in [0.25, 0.3) is 10.2 Å². The highest BCUT2D eigenvalue weighted by Gasteiger charge is 2.15. The molecule has 0 bridgehead atoms. The standard InChI is InChI=1S/C31H27NO5S/c1-35-28-19-21(15-17-27(28)37-31-32-25-12-5-6-13-29(25)38-31)14-16-26(23-9-3-2-4-10-23)36-20-22-8-7-11-24(18-22)30(33)34/h2-13,15,17-19,26H,14,16,20H2,1H3,(H,33,34). The zero-order chi connectivity index (χ0) is 26.3. The quantitative estimate of drug-likeness (QED) is 0.190. The van der Waals surface area contributed by atoms with Gasteiger partial charge in [0, 0.05) is 0 Å². The van der Waals surface area contributed by atoms with E-state index in [-0.39, 0.29) is 11.7 Å². The van der Waals surface area contributed by atoms with Crippen molar-refractivity contribution in [2.24, 2.45) is 0 Å². The summed E-state index contributed by atoms with van der Waals surface area (Å²) >= 11 is 1.50. The molecule has 1 unspecified atom stereocenters. The van der Waals surface area contributed by atoms with Gasteiger partial charge >= 0.3 is 5.97 Å². The van der Waals surface area contributed by atoms with Gasteiger partial charge in [-0.2, -0.15) is 0 Å². The highest BCUT2D eigenvalue weighted by atomic mass is 32.1. The van der Waals surface area contributed by atoms with E-state index in [1.165, 1.54) is 11.3 Å². The molecule has 0 aliphatic rings. The van der Waals surface area contributed by atoms with Gasteiger partial charge in [0.25, 0.3) is 5.19 Å². The molecule has 0 aliphatic heterocycles. The van der Waals surface area contributed by atoms with Crippen LogP contribution in [0.2, 0.25) is 0 Å². The average Bonchev–Trinajstić information content (AvgIpc) is 3.36. The van der Waals surface area contributed by atoms with Crippen molar-refractivity contribution in [2.45, 2.75) is 25.6 Å². The molecule has 38 heavy (non-hydrogen) atoms. The van der Waals surface area contributed by atoms with E-state index in [2.05, 4.69) is 4.98 Å². The molecule has 7 heteroatoms. The summed E-state index contributed by atoms with van der Waals surface area (Å²) in [5.41, 5.74) is 4.15. The maximum absolute atomic E-state index is 11.3. The highest BCUT2D eigenvalue weighted by molar-refractivity contribution is 7.20. The summed E-state index contributed by atoms with van der Waals surface area (Å²) in [6.07, 6.45) is 1.34. The molecule has 4 aromatic carbocycles. The van der Waals surface area contributed by atoms with Crippen LogP contribution in [-0.4, -0.2) is 23.2 Å². The Hall–Kier alpha value is -4.20. The van der Waals surface area contributed by atoms with E-state index in [1.807, 2.05) is 78.9 Å². The summed E-state index contributed by atoms with van der Waals surface area (Å²) < 4.78 is 19.1. The molecule has 0 amide bonds. The second-order valence-corrected chi connectivity index (χ2v) is 9.78. The number of carboxylic acids is 1. The van der Waals surface area contributed by atoms with Crippen LogP contribution < -0.4 is 9.47 Å². The Balaban J connectivity index is 1.28. The molecule has 1 aromatic heterocycles. The van der Waals surface area contributed by atoms with Crippen LogP contribution in [0.4, 0.5) is 0 Å². The first-order valence-electron chi connectivity index (χ1n) is 12.3. The van der Waals surface area contributed by atoms with Crippen LogP contribution >= 0.6 is 11.3 Å². The second kappa shape index (κ2) is 11.9. The first-order valence-corrected chi connectivity index (χ1v) is 13.1. The van der Waals surface area contributed by atoms with Crippen molar-refractivity contribution < 1.29 is 24.1 Å². The SMILES string of the molecule is COc1cc(CCC(OCc2cccc(C(=O)O)c2)c2ccccc2)ccc1Oc1nc2ccccc2s1. The lowest BCUT2D eigenvalue weighted by Crippen LogP contribution is -2.07. The van der Waals surface area contributed by atoms with Gasteiger partial charge in [-0.05, 0) is 65.9 Å². The van der Waals surface area contributed by atoms with E-state index in [1.54, 1.807) is 25.3 Å². The van der Waals surface area contributed by atoms with Crippen molar-refractivity contribution in [3.05, 3.63) is 119 Å². The predicted molar refractivity (Wildman–Crippen MR) is 148 cm³/mol. The van der Waals surface area contributed by atoms with Gasteiger partial charge in [-0.25, -0.2) is 9.78 Å². The summed E-state index contributed by atoms with van der Waals surface area (Å²) in [4.78, 5) is 15.9. The lowest BCUT2D eigenvalue weighted by molar-refractivity contribution is 0.0340. The minimum atomic E-state index is -0.948. The number of fused-ring (bicyclic) bond motifs is 1. The van der Waals surface area contributed by atoms with Crippen LogP contribution in [-0.2, 0) is 17.8 Å². The summed E-state index contributed by atoms with van der Waals surface area (Å²) in [6.45, 7) is 0.318. The first-order chi connectivity index (χ1) is 18.6. The Morgan fingerprint density at radius 1 is 0.895 bits per heavy atom. The first kappa shape index (κ1) is 25.4. The second-order valence-electron chi connectivity index (χ2n) is 8.79. The monoisotopic (exact) mass is 525 g/mol. The molecular formula is C31H27NO5S. The van der Waals surface area contributed by atoms with E-state index in [4.69, 9.17) is 14.2 Å². The van der Waals surface area contributed by atoms with Crippen LogP contribution in [0.1, 0.15) is 39.6 Å². The maximum Gasteiger partial charge on any atom is 0.335 e. The number of rotatable bonds is 11. The fourth-order valence-corrected chi connectivity index (χ4v) is 5.07. The Morgan fingerprint density at radius 3 is 2.50 bits per heavy atom. The predicted octanol–water partition coefficient (Wildman–Crippen LogP) is 7.69. The molecule has 0 spiro atoms. The molecule has 5 rings (SSSR count). The maximum atomic E-state index is 11.3. The molecule has 0 saturated heterocycles. The van der Waals surface area contributed by atoms with Crippen molar-refractivity contribution in [2.75, 3.05) is 7.11 Å². The molecule has 192 valence electrons. The van der Waals surface area contributed by atoms with Crippen molar-refractivity contribution in [3.63, 3.8) is 0 Å². The third-order valence-corrected chi connectivity index (χ3v) is 7.11. The lowest BCUT2D eigenvalue weighted by atomic mass is 10.0. The van der Waals surface area contributed by atoms with Gasteiger partial charge in [0.2, 0.25) is 0 Å². The van der Waals surface area contributed by atoms with E-state index >= 15 is 0 Å². The Labute approximate surface area is 225 Å². The summed E-state index contributed by atoms with van der Waals surface area (Å²) in [7, 11) is 1.63. The Kier molecular flexibility index (Phi) is 7.97. The number of ether oxygens (including phenoxy) is 3. The number of carbonyl (C=O) groups is 1. The smallest absolute Gasteiger partial charge is 0.335 e. The van der Waals surface area contributed by atoms with Crippen molar-refractivity contribution in [1.82, 2.24) is 4.98 Å². The van der Waals surface area contributed by atoms with Crippen LogP contribution in [0.5, 0.6) is 16.7 Å². The number of aromatic carboxylic acids is 1. The number of hydrogen-bond donors (Lipinski definition) is 1. The van der Waals surface area contributed by atoms with Gasteiger partial charge in [-0.15, -0.1) is 0 Å². The number of methoxy groups -OCH3 is 1. The van der Waals surface area contributed by atoms with E-state index in [0.29, 0.717) is 23.3 Å². The number of aromatic nitrogens is 1. The van der Waals surface area contributed by atoms with Gasteiger partial charge in [-0.3, -0.25) is 0 Å². The molecule has 0 saturated carbocycles. The fraction of sp³-hybridized carbons (Fsp3) is 0.161. The van der Waals surface area contributed by atoms with E-state index in [9.17, 15) is 9.90 Å². The lowest BCUT2D eigenvalue weighted by Gasteiger charge is -2.19. The zero-order valence-corrected chi connectivity index (χ0v) is 21.7. The Bertz CT molecular complexity index is 1500. The number of carboxylic acid groups (broad SMARTS) is 1. The topological polar surface area (TPSA) is 77.9 Å². The van der Waals surface area contributed by atoms with Gasteiger partial charge in [0.1, 0.15) is 0 Å². The summed E-state index contributed by atoms with van der Waals surface area (Å²) in [5.74, 6) is 0.310. The van der Waals surface area contributed by atoms with Crippen LogP contribution in [0.15, 0.2) is 97.1 Å². The number of para-hydroxylation sites is 1. The van der Waals surface area contributed by atoms with Gasteiger partial charge in [-0.1, -0.05) is 72.0 Å². The van der Waals surface area contributed by atoms with E-state index < -0.39 is 5.97 Å². The zero-order valence-electron chi connectivity index (χ0n) is 20.9. The van der Waals surface area contributed by atoms with Gasteiger partial charge in [0.05, 0.1) is 35.6 Å². The van der Waals surface area contributed by atoms with E-state index in [0.717, 1.165) is 39.7 Å². The van der Waals surface area contributed by atoms with Crippen LogP contribution in [0.3, 0.4) is 0 Å². The molecule has 0 fully saturated rings. The van der Waals surface area contributed by atoms with Crippen molar-refractivity contribution in [1.29, 1.82) is 0 Å². The number of benzene rings is 4. The molecule has 1 heterocycles. The molecular weight excluding hydrogens is 498 g/mol. The van der Waals surface area contributed by atoms with Crippen molar-refractivity contribution in [3.8, 4) is 16.7 Å². The number of hydrogen-bond acceptors (Lipinski definition) is 6. The number of thiazole rings is 1. The molecule has 1 atom stereocenters. The summed E-state index contributed by atoms with van der Waals surface area (Å²) in [5, 5.41) is 9.86. The fourth-order valence-electron chi connectivity index (χ4n) is 4.24. The largest absolute Gasteiger partial charge is 0.493 e. The van der Waals surface area contributed by atoms with Gasteiger partial charge < -0.3 is 19.3 Å². The van der Waals surface area contributed by atoms with Crippen molar-refractivity contribution >= 4 is 27.5 Å². The molecule has 6 nitrogen and oxygen atoms in total. The van der Waals surface area contributed by atoms with Gasteiger partial charge in [0.15, 0.2) is 11.5 Å². The molecule has 1 N–H and O–H groups in total. The number of aryl methyl sites for hydroxylation is 1. The third kappa shape index (κ3) is 6.19. The number of nitrogens with zero attached hydrogens (tertiary/aromatic N) is 1. The normalized spacial score (nSPS) is 11.8. The molecule has 0 aliphatic carbocycles. The third-order valence-electron chi connectivity index (χ3n) is 6.19. The minimum absolute atomic E-state index is 0.158. The highest BCUT2D eigenvalue weighted by Crippen LogP contribution is 2.37. The summed E-state index contributed by atoms with van der Waals surface area (Å²) in [6, 6.07) is 30.8. The minimum Gasteiger partial charge on any atom is -0.493 e. The van der Waals surface area contributed by atoms with Crippen LogP contribution in [0, 0.1) is 0 Å². The molecule has 5 aromatic rings. The Morgan fingerprint density at radius 2 is 1.71 bits per heavy atom. The molecule has 0 radical (unpaired) electrons.